The molecule has 0 aliphatic rings. The molecule has 1 heterocycles. The Bertz CT molecular complexity index is 3820. The van der Waals surface area contributed by atoms with Gasteiger partial charge < -0.3 is 0 Å². The van der Waals surface area contributed by atoms with E-state index in [2.05, 4.69) is 206 Å². The second kappa shape index (κ2) is 12.6. The smallest absolute Gasteiger partial charge is 0.0440 e. The second-order valence-electron chi connectivity index (χ2n) is 15.9. The minimum Gasteiger partial charge on any atom is -0.134 e. The van der Waals surface area contributed by atoms with Crippen molar-refractivity contribution >= 4 is 107 Å². The molecule has 0 aliphatic heterocycles. The summed E-state index contributed by atoms with van der Waals surface area (Å²) in [5.41, 5.74) is 7.52. The molecule has 1 heteroatoms. The maximum absolute atomic E-state index is 2.43. The average molecular weight is 763 g/mol. The Morgan fingerprint density at radius 1 is 0.237 bits per heavy atom. The SMILES string of the molecule is c1ccc2c(-c3c4ccccc4c(-c4ccc(-c5ccc6c(c5)c5ccccc5c5c6sc6c7ccccc7c7ccccc7c65)cc4)c4ccccc34)cccc2c1. The fraction of sp³-hybridized carbons (Fsp3) is 0. The van der Waals surface area contributed by atoms with Crippen molar-refractivity contribution in [2.75, 3.05) is 0 Å². The highest BCUT2D eigenvalue weighted by Crippen LogP contribution is 2.50. The molecule has 272 valence electrons. The van der Waals surface area contributed by atoms with Crippen LogP contribution in [0.2, 0.25) is 0 Å². The molecular weight excluding hydrogens is 729 g/mol. The molecule has 0 nitrogen and oxygen atoms in total. The Balaban J connectivity index is 1.00. The lowest BCUT2D eigenvalue weighted by Gasteiger charge is -2.19. The highest BCUT2D eigenvalue weighted by atomic mass is 32.1. The zero-order chi connectivity index (χ0) is 38.6. The quantitative estimate of drug-likeness (QED) is 0.124. The fourth-order valence-corrected chi connectivity index (χ4v) is 11.7. The first-order chi connectivity index (χ1) is 29.3. The van der Waals surface area contributed by atoms with Gasteiger partial charge in [0.15, 0.2) is 0 Å². The lowest BCUT2D eigenvalue weighted by atomic mass is 9.84. The standard InChI is InChI=1S/C58H34S/c1-2-16-39-36(14-1)15-13-27-43(39)54-48-24-10-8-22-46(48)53(47-23-9-11-25-49(47)54)37-30-28-35(29-31-37)38-32-33-51-52(34-38)42-19-4-7-21-45(42)56-55-44-20-6-3-17-40(44)41-18-5-12-26-50(41)57(55)59-58(51)56/h1-34H. The van der Waals surface area contributed by atoms with Gasteiger partial charge >= 0.3 is 0 Å². The number of rotatable bonds is 3. The second-order valence-corrected chi connectivity index (χ2v) is 16.9. The normalized spacial score (nSPS) is 12.1. The molecule has 0 spiro atoms. The highest BCUT2D eigenvalue weighted by Gasteiger charge is 2.21. The van der Waals surface area contributed by atoms with Crippen molar-refractivity contribution in [3.63, 3.8) is 0 Å². The van der Waals surface area contributed by atoms with Crippen LogP contribution in [-0.2, 0) is 0 Å². The third kappa shape index (κ3) is 4.71. The topological polar surface area (TPSA) is 0 Å². The molecule has 0 saturated carbocycles. The fourth-order valence-electron chi connectivity index (χ4n) is 10.3. The Labute approximate surface area is 344 Å². The van der Waals surface area contributed by atoms with Gasteiger partial charge in [-0.15, -0.1) is 11.3 Å². The van der Waals surface area contributed by atoms with Crippen LogP contribution < -0.4 is 0 Å². The molecule has 0 bridgehead atoms. The first-order valence-corrected chi connectivity index (χ1v) is 21.2. The van der Waals surface area contributed by atoms with Crippen LogP contribution in [0.15, 0.2) is 206 Å². The predicted molar refractivity (Wildman–Crippen MR) is 258 cm³/mol. The van der Waals surface area contributed by atoms with Gasteiger partial charge in [-0.2, -0.15) is 0 Å². The first-order valence-electron chi connectivity index (χ1n) is 20.4. The molecule has 0 radical (unpaired) electrons. The van der Waals surface area contributed by atoms with E-state index in [0.29, 0.717) is 0 Å². The Morgan fingerprint density at radius 3 is 1.25 bits per heavy atom. The van der Waals surface area contributed by atoms with Crippen molar-refractivity contribution in [1.82, 2.24) is 0 Å². The largest absolute Gasteiger partial charge is 0.134 e. The molecule has 12 aromatic carbocycles. The third-order valence-corrected chi connectivity index (χ3v) is 14.1. The average Bonchev–Trinajstić information content (AvgIpc) is 3.73. The number of fused-ring (bicyclic) bond motifs is 16. The lowest BCUT2D eigenvalue weighted by Crippen LogP contribution is -1.91. The monoisotopic (exact) mass is 762 g/mol. The summed E-state index contributed by atoms with van der Waals surface area (Å²) in [6.45, 7) is 0. The molecule has 0 fully saturated rings. The molecule has 59 heavy (non-hydrogen) atoms. The summed E-state index contributed by atoms with van der Waals surface area (Å²) >= 11 is 1.95. The number of hydrogen-bond acceptors (Lipinski definition) is 1. The summed E-state index contributed by atoms with van der Waals surface area (Å²) in [7, 11) is 0. The van der Waals surface area contributed by atoms with E-state index in [1.165, 1.54) is 129 Å². The van der Waals surface area contributed by atoms with Crippen LogP contribution in [-0.4, -0.2) is 0 Å². The summed E-state index contributed by atoms with van der Waals surface area (Å²) in [6, 6.07) is 76.7. The number of benzene rings is 12. The predicted octanol–water partition coefficient (Wildman–Crippen LogP) is 17.1. The molecule has 0 unspecified atom stereocenters. The minimum absolute atomic E-state index is 1.22. The van der Waals surface area contributed by atoms with Gasteiger partial charge in [0.25, 0.3) is 0 Å². The van der Waals surface area contributed by atoms with E-state index >= 15 is 0 Å². The van der Waals surface area contributed by atoms with Crippen molar-refractivity contribution in [2.24, 2.45) is 0 Å². The van der Waals surface area contributed by atoms with Crippen LogP contribution in [0.1, 0.15) is 0 Å². The first kappa shape index (κ1) is 32.7. The van der Waals surface area contributed by atoms with Crippen molar-refractivity contribution in [3.8, 4) is 33.4 Å². The van der Waals surface area contributed by atoms with Crippen LogP contribution in [0.5, 0.6) is 0 Å². The van der Waals surface area contributed by atoms with Gasteiger partial charge in [0.1, 0.15) is 0 Å². The van der Waals surface area contributed by atoms with E-state index < -0.39 is 0 Å². The molecular formula is C58H34S. The van der Waals surface area contributed by atoms with Gasteiger partial charge in [0.05, 0.1) is 0 Å². The van der Waals surface area contributed by atoms with E-state index in [9.17, 15) is 0 Å². The van der Waals surface area contributed by atoms with Gasteiger partial charge in [-0.05, 0) is 104 Å². The van der Waals surface area contributed by atoms with Crippen molar-refractivity contribution in [3.05, 3.63) is 206 Å². The molecule has 0 aliphatic carbocycles. The van der Waals surface area contributed by atoms with Gasteiger partial charge in [0.2, 0.25) is 0 Å². The maximum Gasteiger partial charge on any atom is 0.0440 e. The Morgan fingerprint density at radius 2 is 0.644 bits per heavy atom. The summed E-state index contributed by atoms with van der Waals surface area (Å²) in [4.78, 5) is 0. The minimum atomic E-state index is 1.22. The Hall–Kier alpha value is -7.32. The molecule has 0 atom stereocenters. The molecule has 0 amide bonds. The lowest BCUT2D eigenvalue weighted by molar-refractivity contribution is 1.63. The van der Waals surface area contributed by atoms with Crippen molar-refractivity contribution < 1.29 is 0 Å². The highest BCUT2D eigenvalue weighted by molar-refractivity contribution is 7.28. The summed E-state index contributed by atoms with van der Waals surface area (Å²) < 4.78 is 2.74. The van der Waals surface area contributed by atoms with Crippen molar-refractivity contribution in [2.45, 2.75) is 0 Å². The van der Waals surface area contributed by atoms with Crippen molar-refractivity contribution in [1.29, 1.82) is 0 Å². The Kier molecular flexibility index (Phi) is 6.98. The van der Waals surface area contributed by atoms with E-state index in [-0.39, 0.29) is 0 Å². The molecule has 13 rings (SSSR count). The number of thiophene rings is 1. The van der Waals surface area contributed by atoms with Crippen LogP contribution >= 0.6 is 11.3 Å². The zero-order valence-corrected chi connectivity index (χ0v) is 32.9. The zero-order valence-electron chi connectivity index (χ0n) is 32.0. The molecule has 0 N–H and O–H groups in total. The van der Waals surface area contributed by atoms with E-state index in [4.69, 9.17) is 0 Å². The van der Waals surface area contributed by atoms with Crippen LogP contribution in [0.3, 0.4) is 0 Å². The molecule has 0 saturated heterocycles. The van der Waals surface area contributed by atoms with Crippen LogP contribution in [0, 0.1) is 0 Å². The summed E-state index contributed by atoms with van der Waals surface area (Å²) in [5.74, 6) is 0. The van der Waals surface area contributed by atoms with Gasteiger partial charge in [-0.1, -0.05) is 200 Å². The van der Waals surface area contributed by atoms with E-state index in [0.717, 1.165) is 0 Å². The summed E-state index contributed by atoms with van der Waals surface area (Å²) in [6.07, 6.45) is 0. The van der Waals surface area contributed by atoms with Gasteiger partial charge in [-0.25, -0.2) is 0 Å². The van der Waals surface area contributed by atoms with Crippen LogP contribution in [0.4, 0.5) is 0 Å². The van der Waals surface area contributed by atoms with Gasteiger partial charge in [-0.3, -0.25) is 0 Å². The maximum atomic E-state index is 2.43. The molecule has 1 aromatic heterocycles. The van der Waals surface area contributed by atoms with Crippen LogP contribution in [0.25, 0.3) is 129 Å². The summed E-state index contributed by atoms with van der Waals surface area (Å²) in [5, 5.41) is 20.9. The third-order valence-electron chi connectivity index (χ3n) is 12.8. The van der Waals surface area contributed by atoms with Gasteiger partial charge in [0, 0.05) is 30.9 Å². The van der Waals surface area contributed by atoms with E-state index in [1.807, 2.05) is 11.3 Å². The van der Waals surface area contributed by atoms with E-state index in [1.54, 1.807) is 0 Å². The number of hydrogen-bond donors (Lipinski definition) is 0. The molecule has 13 aromatic rings.